The molecule has 1 aromatic carbocycles. The van der Waals surface area contributed by atoms with Crippen molar-refractivity contribution in [1.82, 2.24) is 4.98 Å². The van der Waals surface area contributed by atoms with Gasteiger partial charge in [0.15, 0.2) is 6.39 Å². The normalized spacial score (nSPS) is 11.2. The van der Waals surface area contributed by atoms with E-state index in [0.29, 0.717) is 11.5 Å². The second kappa shape index (κ2) is 4.01. The number of aliphatic hydroxyl groups excluding tert-OH is 1. The van der Waals surface area contributed by atoms with E-state index < -0.39 is 0 Å². The summed E-state index contributed by atoms with van der Waals surface area (Å²) in [6.45, 7) is -0.172. The summed E-state index contributed by atoms with van der Waals surface area (Å²) in [6.07, 6.45) is 2.89. The third-order valence-corrected chi connectivity index (χ3v) is 3.05. The van der Waals surface area contributed by atoms with Crippen molar-refractivity contribution in [3.63, 3.8) is 0 Å². The lowest BCUT2D eigenvalue weighted by Gasteiger charge is -1.95. The number of aliphatic hydroxyl groups is 1. The molecule has 0 aliphatic heterocycles. The Morgan fingerprint density at radius 2 is 2.24 bits per heavy atom. The van der Waals surface area contributed by atoms with Crippen molar-refractivity contribution >= 4 is 26.9 Å². The summed E-state index contributed by atoms with van der Waals surface area (Å²) in [7, 11) is 0. The zero-order valence-electron chi connectivity index (χ0n) is 8.68. The molecule has 4 nitrogen and oxygen atoms in total. The second-order valence-electron chi connectivity index (χ2n) is 3.57. The van der Waals surface area contributed by atoms with Crippen LogP contribution in [0.3, 0.4) is 0 Å². The summed E-state index contributed by atoms with van der Waals surface area (Å²) in [5, 5.41) is 10.2. The summed E-state index contributed by atoms with van der Waals surface area (Å²) in [5.74, 6) is 0.493. The van der Waals surface area contributed by atoms with E-state index in [-0.39, 0.29) is 6.61 Å². The number of hydrogen-bond donors (Lipinski definition) is 1. The molecule has 0 unspecified atom stereocenters. The van der Waals surface area contributed by atoms with Crippen molar-refractivity contribution in [1.29, 1.82) is 0 Å². The van der Waals surface area contributed by atoms with Crippen LogP contribution in [0.15, 0.2) is 44.2 Å². The van der Waals surface area contributed by atoms with Crippen molar-refractivity contribution in [2.45, 2.75) is 6.61 Å². The molecule has 17 heavy (non-hydrogen) atoms. The van der Waals surface area contributed by atoms with Gasteiger partial charge in [-0.3, -0.25) is 0 Å². The zero-order valence-corrected chi connectivity index (χ0v) is 10.3. The fourth-order valence-corrected chi connectivity index (χ4v) is 2.21. The Labute approximate surface area is 105 Å². The van der Waals surface area contributed by atoms with E-state index in [9.17, 15) is 5.11 Å². The lowest BCUT2D eigenvalue weighted by molar-refractivity contribution is 0.252. The fraction of sp³-hybridized carbons (Fsp3) is 0.0833. The van der Waals surface area contributed by atoms with Gasteiger partial charge in [-0.25, -0.2) is 4.98 Å². The van der Waals surface area contributed by atoms with E-state index in [0.717, 1.165) is 21.0 Å². The lowest BCUT2D eigenvalue weighted by atomic mass is 10.1. The Morgan fingerprint density at radius 3 is 2.94 bits per heavy atom. The Hall–Kier alpha value is -1.59. The number of halogens is 1. The summed E-state index contributed by atoms with van der Waals surface area (Å²) in [5.41, 5.74) is 2.15. The number of hydrogen-bond acceptors (Lipinski definition) is 4. The third kappa shape index (κ3) is 1.67. The maximum absolute atomic E-state index is 9.32. The molecule has 3 rings (SSSR count). The molecule has 1 N–H and O–H groups in total. The molecule has 0 radical (unpaired) electrons. The van der Waals surface area contributed by atoms with Gasteiger partial charge in [0.25, 0.3) is 0 Å². The molecule has 0 saturated heterocycles. The standard InChI is InChI=1S/C12H8BrNO3/c13-7-1-2-10-8(3-7)12(11(4-15)17-10)9-5-16-6-14-9/h1-3,5-6,15H,4H2. The molecule has 2 heterocycles. The highest BCUT2D eigenvalue weighted by atomic mass is 79.9. The van der Waals surface area contributed by atoms with E-state index in [2.05, 4.69) is 20.9 Å². The van der Waals surface area contributed by atoms with E-state index in [1.807, 2.05) is 18.2 Å². The first-order valence-corrected chi connectivity index (χ1v) is 5.79. The smallest absolute Gasteiger partial charge is 0.181 e. The van der Waals surface area contributed by atoms with Gasteiger partial charge in [-0.15, -0.1) is 0 Å². The van der Waals surface area contributed by atoms with Crippen molar-refractivity contribution in [2.75, 3.05) is 0 Å². The molecule has 0 atom stereocenters. The van der Waals surface area contributed by atoms with Crippen molar-refractivity contribution < 1.29 is 13.9 Å². The van der Waals surface area contributed by atoms with Crippen molar-refractivity contribution in [3.8, 4) is 11.3 Å². The van der Waals surface area contributed by atoms with Crippen LogP contribution >= 0.6 is 15.9 Å². The number of rotatable bonds is 2. The van der Waals surface area contributed by atoms with Crippen molar-refractivity contribution in [3.05, 3.63) is 41.1 Å². The first-order chi connectivity index (χ1) is 8.29. The highest BCUT2D eigenvalue weighted by molar-refractivity contribution is 9.10. The molecule has 0 bridgehead atoms. The second-order valence-corrected chi connectivity index (χ2v) is 4.49. The topological polar surface area (TPSA) is 59.4 Å². The number of oxazole rings is 1. The van der Waals surface area contributed by atoms with Gasteiger partial charge < -0.3 is 13.9 Å². The van der Waals surface area contributed by atoms with E-state index in [1.165, 1.54) is 12.7 Å². The summed E-state index contributed by atoms with van der Waals surface area (Å²) >= 11 is 3.41. The molecular weight excluding hydrogens is 286 g/mol. The first kappa shape index (κ1) is 10.6. The first-order valence-electron chi connectivity index (χ1n) is 5.00. The van der Waals surface area contributed by atoms with Gasteiger partial charge in [0.05, 0.1) is 5.56 Å². The number of aromatic nitrogens is 1. The Bertz CT molecular complexity index is 658. The lowest BCUT2D eigenvalue weighted by Crippen LogP contribution is -1.84. The molecule has 2 aromatic heterocycles. The summed E-state index contributed by atoms with van der Waals surface area (Å²) < 4.78 is 11.5. The van der Waals surface area contributed by atoms with Crippen LogP contribution < -0.4 is 0 Å². The molecule has 0 saturated carbocycles. The molecule has 86 valence electrons. The number of nitrogens with zero attached hydrogens (tertiary/aromatic N) is 1. The molecule has 0 spiro atoms. The van der Waals surface area contributed by atoms with Gasteiger partial charge in [-0.05, 0) is 18.2 Å². The largest absolute Gasteiger partial charge is 0.458 e. The van der Waals surface area contributed by atoms with Crippen LogP contribution in [0.1, 0.15) is 5.76 Å². The van der Waals surface area contributed by atoms with Crippen LogP contribution in [0, 0.1) is 0 Å². The van der Waals surface area contributed by atoms with Gasteiger partial charge in [-0.2, -0.15) is 0 Å². The van der Waals surface area contributed by atoms with Gasteiger partial charge in [0, 0.05) is 9.86 Å². The van der Waals surface area contributed by atoms with Crippen molar-refractivity contribution in [2.24, 2.45) is 0 Å². The third-order valence-electron chi connectivity index (χ3n) is 2.56. The van der Waals surface area contributed by atoms with Gasteiger partial charge >= 0.3 is 0 Å². The number of fused-ring (bicyclic) bond motifs is 1. The van der Waals surface area contributed by atoms with E-state index in [4.69, 9.17) is 8.83 Å². The van der Waals surface area contributed by atoms with Gasteiger partial charge in [0.1, 0.15) is 29.9 Å². The Balaban J connectivity index is 2.37. The van der Waals surface area contributed by atoms with Gasteiger partial charge in [-0.1, -0.05) is 15.9 Å². The molecule has 5 heteroatoms. The van der Waals surface area contributed by atoms with Crippen LogP contribution in [0.25, 0.3) is 22.2 Å². The van der Waals surface area contributed by atoms with Crippen LogP contribution in [-0.2, 0) is 6.61 Å². The molecule has 0 aliphatic rings. The molecule has 0 fully saturated rings. The van der Waals surface area contributed by atoms with Gasteiger partial charge in [0.2, 0.25) is 0 Å². The van der Waals surface area contributed by atoms with Crippen LogP contribution in [0.4, 0.5) is 0 Å². The van der Waals surface area contributed by atoms with E-state index >= 15 is 0 Å². The summed E-state index contributed by atoms with van der Waals surface area (Å²) in [4.78, 5) is 4.09. The molecule has 0 aliphatic carbocycles. The minimum Gasteiger partial charge on any atom is -0.458 e. The molecule has 0 amide bonds. The quantitative estimate of drug-likeness (QED) is 0.787. The Kier molecular flexibility index (Phi) is 2.49. The molecular formula is C12H8BrNO3. The minimum atomic E-state index is -0.172. The summed E-state index contributed by atoms with van der Waals surface area (Å²) in [6, 6.07) is 5.67. The maximum Gasteiger partial charge on any atom is 0.181 e. The SMILES string of the molecule is OCc1oc2ccc(Br)cc2c1-c1cocn1. The number of furan rings is 1. The monoisotopic (exact) mass is 293 g/mol. The Morgan fingerprint density at radius 1 is 1.35 bits per heavy atom. The number of benzene rings is 1. The highest BCUT2D eigenvalue weighted by Crippen LogP contribution is 2.35. The zero-order chi connectivity index (χ0) is 11.8. The highest BCUT2D eigenvalue weighted by Gasteiger charge is 2.17. The van der Waals surface area contributed by atoms with Crippen LogP contribution in [-0.4, -0.2) is 10.1 Å². The van der Waals surface area contributed by atoms with E-state index in [1.54, 1.807) is 0 Å². The van der Waals surface area contributed by atoms with Crippen LogP contribution in [0.2, 0.25) is 0 Å². The fourth-order valence-electron chi connectivity index (χ4n) is 1.85. The minimum absolute atomic E-state index is 0.172. The molecule has 3 aromatic rings. The predicted molar refractivity (Wildman–Crippen MR) is 65.3 cm³/mol. The van der Waals surface area contributed by atoms with Crippen LogP contribution in [0.5, 0.6) is 0 Å². The maximum atomic E-state index is 9.32. The average Bonchev–Trinajstić information content (AvgIpc) is 2.93. The average molecular weight is 294 g/mol. The predicted octanol–water partition coefficient (Wildman–Crippen LogP) is 3.34.